The molecule has 0 spiro atoms. The normalized spacial score (nSPS) is 18.9. The second-order valence-corrected chi connectivity index (χ2v) is 7.83. The molecule has 1 fully saturated rings. The molecule has 0 saturated carbocycles. The number of anilines is 2. The summed E-state index contributed by atoms with van der Waals surface area (Å²) in [4.78, 5) is 26.0. The Labute approximate surface area is 158 Å². The zero-order valence-corrected chi connectivity index (χ0v) is 15.6. The third-order valence-corrected chi connectivity index (χ3v) is 6.24. The first-order chi connectivity index (χ1) is 12.7. The molecule has 1 heterocycles. The molecule has 134 valence electrons. The van der Waals surface area contributed by atoms with Crippen LogP contribution in [0.5, 0.6) is 0 Å². The predicted molar refractivity (Wildman–Crippen MR) is 107 cm³/mol. The van der Waals surface area contributed by atoms with Crippen molar-refractivity contribution < 1.29 is 9.59 Å². The minimum Gasteiger partial charge on any atom is -0.326 e. The Morgan fingerprint density at radius 3 is 2.69 bits per heavy atom. The zero-order valence-electron chi connectivity index (χ0n) is 14.8. The highest BCUT2D eigenvalue weighted by Crippen LogP contribution is 2.42. The molecule has 2 aromatic rings. The number of amides is 2. The number of rotatable bonds is 4. The van der Waals surface area contributed by atoms with E-state index >= 15 is 0 Å². The Morgan fingerprint density at radius 1 is 1.15 bits per heavy atom. The van der Waals surface area contributed by atoms with Crippen molar-refractivity contribution in [1.29, 1.82) is 0 Å². The summed E-state index contributed by atoms with van der Waals surface area (Å²) in [6.45, 7) is 1.83. The van der Waals surface area contributed by atoms with Gasteiger partial charge in [-0.15, -0.1) is 11.8 Å². The van der Waals surface area contributed by atoms with Gasteiger partial charge in [-0.2, -0.15) is 0 Å². The van der Waals surface area contributed by atoms with E-state index < -0.39 is 0 Å². The van der Waals surface area contributed by atoms with Crippen LogP contribution >= 0.6 is 11.8 Å². The molecule has 0 unspecified atom stereocenters. The highest BCUT2D eigenvalue weighted by atomic mass is 32.2. The smallest absolute Gasteiger partial charge is 0.238 e. The van der Waals surface area contributed by atoms with Crippen molar-refractivity contribution in [2.75, 3.05) is 16.0 Å². The van der Waals surface area contributed by atoms with Gasteiger partial charge in [0, 0.05) is 17.8 Å². The second kappa shape index (κ2) is 7.16. The maximum Gasteiger partial charge on any atom is 0.238 e. The van der Waals surface area contributed by atoms with Crippen LogP contribution in [0.15, 0.2) is 42.5 Å². The van der Waals surface area contributed by atoms with Crippen LogP contribution in [0.2, 0.25) is 0 Å². The molecule has 4 nitrogen and oxygen atoms in total. The van der Waals surface area contributed by atoms with Gasteiger partial charge in [0.25, 0.3) is 0 Å². The number of benzene rings is 2. The van der Waals surface area contributed by atoms with Gasteiger partial charge < -0.3 is 5.32 Å². The number of thioether (sulfide) groups is 1. The van der Waals surface area contributed by atoms with Crippen molar-refractivity contribution in [2.24, 2.45) is 0 Å². The van der Waals surface area contributed by atoms with Gasteiger partial charge in [-0.1, -0.05) is 25.1 Å². The standard InChI is InChI=1S/C21H22N2O2S/c1-2-19(24)22-17-9-6-15(7-10-17)21-23(20(25)13-26-21)18-11-8-14-4-3-5-16(14)12-18/h6-12,21H,2-5,13H2,1H3,(H,22,24)/t21-/m1/s1. The molecule has 1 aliphatic heterocycles. The summed E-state index contributed by atoms with van der Waals surface area (Å²) in [7, 11) is 0. The van der Waals surface area contributed by atoms with Gasteiger partial charge in [0.2, 0.25) is 11.8 Å². The Balaban J connectivity index is 1.59. The first kappa shape index (κ1) is 17.2. The topological polar surface area (TPSA) is 49.4 Å². The first-order valence-corrected chi connectivity index (χ1v) is 10.2. The van der Waals surface area contributed by atoms with Gasteiger partial charge in [-0.05, 0) is 60.2 Å². The van der Waals surface area contributed by atoms with Crippen LogP contribution < -0.4 is 10.2 Å². The largest absolute Gasteiger partial charge is 0.326 e. The molecule has 1 atom stereocenters. The van der Waals surface area contributed by atoms with Crippen molar-refractivity contribution in [3.8, 4) is 0 Å². The van der Waals surface area contributed by atoms with Crippen LogP contribution in [0.4, 0.5) is 11.4 Å². The van der Waals surface area contributed by atoms with Crippen LogP contribution in [0.3, 0.4) is 0 Å². The van der Waals surface area contributed by atoms with Gasteiger partial charge in [-0.25, -0.2) is 0 Å². The number of fused-ring (bicyclic) bond motifs is 1. The van der Waals surface area contributed by atoms with E-state index in [1.165, 1.54) is 17.5 Å². The summed E-state index contributed by atoms with van der Waals surface area (Å²) in [5.41, 5.74) is 5.66. The zero-order chi connectivity index (χ0) is 18.1. The number of hydrogen-bond donors (Lipinski definition) is 1. The van der Waals surface area contributed by atoms with E-state index in [1.54, 1.807) is 11.8 Å². The van der Waals surface area contributed by atoms with Gasteiger partial charge in [-0.3, -0.25) is 14.5 Å². The van der Waals surface area contributed by atoms with Gasteiger partial charge in [0.05, 0.1) is 5.75 Å². The lowest BCUT2D eigenvalue weighted by molar-refractivity contribution is -0.116. The van der Waals surface area contributed by atoms with Crippen molar-refractivity contribution in [1.82, 2.24) is 0 Å². The van der Waals surface area contributed by atoms with E-state index in [0.717, 1.165) is 29.8 Å². The lowest BCUT2D eigenvalue weighted by Crippen LogP contribution is -2.27. The molecule has 1 saturated heterocycles. The molecule has 0 aromatic heterocycles. The number of aryl methyl sites for hydroxylation is 2. The van der Waals surface area contributed by atoms with Crippen LogP contribution in [0.1, 0.15) is 41.8 Å². The van der Waals surface area contributed by atoms with E-state index in [4.69, 9.17) is 0 Å². The minimum atomic E-state index is -0.0159. The molecule has 2 aliphatic rings. The molecule has 2 aromatic carbocycles. The molecule has 2 amide bonds. The van der Waals surface area contributed by atoms with Crippen LogP contribution in [-0.2, 0) is 22.4 Å². The quantitative estimate of drug-likeness (QED) is 0.877. The molecule has 0 bridgehead atoms. The second-order valence-electron chi connectivity index (χ2n) is 6.76. The highest BCUT2D eigenvalue weighted by molar-refractivity contribution is 8.00. The third-order valence-electron chi connectivity index (χ3n) is 5.03. The fourth-order valence-electron chi connectivity index (χ4n) is 3.64. The van der Waals surface area contributed by atoms with E-state index in [1.807, 2.05) is 36.1 Å². The lowest BCUT2D eigenvalue weighted by atomic mass is 10.1. The summed E-state index contributed by atoms with van der Waals surface area (Å²) in [5, 5.41) is 2.85. The van der Waals surface area contributed by atoms with E-state index in [9.17, 15) is 9.59 Å². The summed E-state index contributed by atoms with van der Waals surface area (Å²) in [6, 6.07) is 14.3. The monoisotopic (exact) mass is 366 g/mol. The van der Waals surface area contributed by atoms with Crippen molar-refractivity contribution in [3.05, 3.63) is 59.2 Å². The number of carbonyl (C=O) groups excluding carboxylic acids is 2. The molecule has 26 heavy (non-hydrogen) atoms. The fourth-order valence-corrected chi connectivity index (χ4v) is 4.82. The predicted octanol–water partition coefficient (Wildman–Crippen LogP) is 4.30. The van der Waals surface area contributed by atoms with Crippen molar-refractivity contribution in [2.45, 2.75) is 38.0 Å². The minimum absolute atomic E-state index is 0.00272. The summed E-state index contributed by atoms with van der Waals surface area (Å²) >= 11 is 1.65. The maximum atomic E-state index is 12.6. The van der Waals surface area contributed by atoms with Crippen molar-refractivity contribution >= 4 is 35.0 Å². The van der Waals surface area contributed by atoms with Gasteiger partial charge in [0.1, 0.15) is 5.37 Å². The average molecular weight is 366 g/mol. The first-order valence-electron chi connectivity index (χ1n) is 9.11. The lowest BCUT2D eigenvalue weighted by Gasteiger charge is -2.25. The van der Waals surface area contributed by atoms with Crippen LogP contribution in [0.25, 0.3) is 0 Å². The summed E-state index contributed by atoms with van der Waals surface area (Å²) < 4.78 is 0. The Morgan fingerprint density at radius 2 is 1.92 bits per heavy atom. The molecular formula is C21H22N2O2S. The van der Waals surface area contributed by atoms with Gasteiger partial charge in [0.15, 0.2) is 0 Å². The van der Waals surface area contributed by atoms with Gasteiger partial charge >= 0.3 is 0 Å². The molecule has 0 radical (unpaired) electrons. The maximum absolute atomic E-state index is 12.6. The molecule has 1 aliphatic carbocycles. The van der Waals surface area contributed by atoms with Crippen LogP contribution in [0, 0.1) is 0 Å². The third kappa shape index (κ3) is 3.23. The Kier molecular flexibility index (Phi) is 4.72. The SMILES string of the molecule is CCC(=O)Nc1ccc([C@H]2SCC(=O)N2c2ccc3c(c2)CCC3)cc1. The fraction of sp³-hybridized carbons (Fsp3) is 0.333. The number of nitrogens with zero attached hydrogens (tertiary/aromatic N) is 1. The van der Waals surface area contributed by atoms with E-state index in [2.05, 4.69) is 23.5 Å². The number of nitrogens with one attached hydrogen (secondary N) is 1. The number of hydrogen-bond acceptors (Lipinski definition) is 3. The van der Waals surface area contributed by atoms with E-state index in [0.29, 0.717) is 12.2 Å². The Hall–Kier alpha value is -2.27. The Bertz CT molecular complexity index is 848. The summed E-state index contributed by atoms with van der Waals surface area (Å²) in [6.07, 6.45) is 3.91. The van der Waals surface area contributed by atoms with Crippen molar-refractivity contribution in [3.63, 3.8) is 0 Å². The molecule has 1 N–H and O–H groups in total. The molecular weight excluding hydrogens is 344 g/mol. The average Bonchev–Trinajstić information content (AvgIpc) is 3.28. The number of carbonyl (C=O) groups is 2. The molecule has 4 rings (SSSR count). The highest BCUT2D eigenvalue weighted by Gasteiger charge is 2.34. The summed E-state index contributed by atoms with van der Waals surface area (Å²) in [5.74, 6) is 0.653. The van der Waals surface area contributed by atoms with Crippen LogP contribution in [-0.4, -0.2) is 17.6 Å². The molecule has 5 heteroatoms. The van der Waals surface area contributed by atoms with E-state index in [-0.39, 0.29) is 17.2 Å².